The molecule has 88 valence electrons. The summed E-state index contributed by atoms with van der Waals surface area (Å²) < 4.78 is 0. The minimum absolute atomic E-state index is 0.309. The maximum Gasteiger partial charge on any atom is 0.129 e. The van der Waals surface area contributed by atoms with Gasteiger partial charge < -0.3 is 14.6 Å². The molecule has 1 heterocycles. The van der Waals surface area contributed by atoms with Crippen LogP contribution in [0, 0.1) is 0 Å². The van der Waals surface area contributed by atoms with Crippen molar-refractivity contribution in [2.24, 2.45) is 0 Å². The van der Waals surface area contributed by atoms with Crippen molar-refractivity contribution in [3.05, 3.63) is 0 Å². The van der Waals surface area contributed by atoms with Gasteiger partial charge in [0.15, 0.2) is 0 Å². The number of Topliss-reactive ketones (excluding diaryl/α,β-unsaturated/α-hetero) is 1. The Bertz CT molecular complexity index is 206. The molecule has 1 atom stereocenters. The van der Waals surface area contributed by atoms with E-state index < -0.39 is 0 Å². The second-order valence-corrected chi connectivity index (χ2v) is 4.84. The van der Waals surface area contributed by atoms with Gasteiger partial charge in [0.2, 0.25) is 0 Å². The van der Waals surface area contributed by atoms with E-state index in [1.807, 2.05) is 0 Å². The van der Waals surface area contributed by atoms with Crippen LogP contribution in [0.5, 0.6) is 0 Å². The van der Waals surface area contributed by atoms with Gasteiger partial charge in [0.05, 0.1) is 0 Å². The molecule has 1 unspecified atom stereocenters. The lowest BCUT2D eigenvalue weighted by molar-refractivity contribution is -0.117. The highest BCUT2D eigenvalue weighted by Gasteiger charge is 2.20. The SMILES string of the molecule is CC(=O)CCCN(C)C1CCCN(C)C1. The van der Waals surface area contributed by atoms with Crippen molar-refractivity contribution in [2.75, 3.05) is 33.7 Å². The number of carbonyl (C=O) groups is 1. The Kier molecular flexibility index (Phi) is 5.26. The van der Waals surface area contributed by atoms with E-state index in [2.05, 4.69) is 23.9 Å². The second kappa shape index (κ2) is 6.23. The maximum atomic E-state index is 10.8. The molecule has 0 aromatic carbocycles. The smallest absolute Gasteiger partial charge is 0.129 e. The third kappa shape index (κ3) is 4.76. The first-order valence-electron chi connectivity index (χ1n) is 5.98. The number of likely N-dealkylation sites (tertiary alicyclic amines) is 1. The largest absolute Gasteiger partial charge is 0.305 e. The molecule has 1 saturated heterocycles. The molecule has 15 heavy (non-hydrogen) atoms. The molecular formula is C12H24N2O. The molecule has 1 fully saturated rings. The fourth-order valence-electron chi connectivity index (χ4n) is 2.26. The van der Waals surface area contributed by atoms with Gasteiger partial charge in [0.25, 0.3) is 0 Å². The van der Waals surface area contributed by atoms with E-state index >= 15 is 0 Å². The van der Waals surface area contributed by atoms with Crippen LogP contribution in [0.15, 0.2) is 0 Å². The Balaban J connectivity index is 2.20. The molecule has 0 N–H and O–H groups in total. The summed E-state index contributed by atoms with van der Waals surface area (Å²) in [6, 6.07) is 0.690. The van der Waals surface area contributed by atoms with Gasteiger partial charge in [-0.1, -0.05) is 0 Å². The molecule has 3 heteroatoms. The molecule has 1 rings (SSSR count). The van der Waals surface area contributed by atoms with Crippen molar-refractivity contribution in [3.63, 3.8) is 0 Å². The fraction of sp³-hybridized carbons (Fsp3) is 0.917. The highest BCUT2D eigenvalue weighted by atomic mass is 16.1. The zero-order chi connectivity index (χ0) is 11.3. The lowest BCUT2D eigenvalue weighted by Gasteiger charge is -2.35. The van der Waals surface area contributed by atoms with E-state index in [-0.39, 0.29) is 0 Å². The van der Waals surface area contributed by atoms with Crippen molar-refractivity contribution in [1.82, 2.24) is 9.80 Å². The van der Waals surface area contributed by atoms with Gasteiger partial charge in [-0.15, -0.1) is 0 Å². The third-order valence-corrected chi connectivity index (χ3v) is 3.26. The summed E-state index contributed by atoms with van der Waals surface area (Å²) in [6.45, 7) is 5.14. The summed E-state index contributed by atoms with van der Waals surface area (Å²) in [7, 11) is 4.37. The van der Waals surface area contributed by atoms with Gasteiger partial charge >= 0.3 is 0 Å². The van der Waals surface area contributed by atoms with Crippen LogP contribution >= 0.6 is 0 Å². The summed E-state index contributed by atoms with van der Waals surface area (Å²) in [5.41, 5.74) is 0. The molecule has 3 nitrogen and oxygen atoms in total. The van der Waals surface area contributed by atoms with Gasteiger partial charge in [0, 0.05) is 19.0 Å². The molecule has 1 aliphatic rings. The van der Waals surface area contributed by atoms with Crippen LogP contribution in [0.4, 0.5) is 0 Å². The number of carbonyl (C=O) groups excluding carboxylic acids is 1. The molecule has 0 saturated carbocycles. The van der Waals surface area contributed by atoms with Gasteiger partial charge in [-0.25, -0.2) is 0 Å². The van der Waals surface area contributed by atoms with E-state index in [1.54, 1.807) is 6.92 Å². The zero-order valence-electron chi connectivity index (χ0n) is 10.3. The van der Waals surface area contributed by atoms with Gasteiger partial charge in [-0.05, 0) is 53.4 Å². The highest BCUT2D eigenvalue weighted by Crippen LogP contribution is 2.13. The fourth-order valence-corrected chi connectivity index (χ4v) is 2.26. The van der Waals surface area contributed by atoms with Crippen LogP contribution in [0.3, 0.4) is 0 Å². The molecule has 0 spiro atoms. The van der Waals surface area contributed by atoms with E-state index in [9.17, 15) is 4.79 Å². The number of nitrogens with zero attached hydrogens (tertiary/aromatic N) is 2. The predicted molar refractivity (Wildman–Crippen MR) is 63.1 cm³/mol. The molecule has 0 aromatic heterocycles. The van der Waals surface area contributed by atoms with Crippen LogP contribution in [0.2, 0.25) is 0 Å². The van der Waals surface area contributed by atoms with Crippen molar-refractivity contribution in [2.45, 2.75) is 38.6 Å². The summed E-state index contributed by atoms with van der Waals surface area (Å²) in [4.78, 5) is 15.6. The van der Waals surface area contributed by atoms with Crippen molar-refractivity contribution >= 4 is 5.78 Å². The average Bonchev–Trinajstić information content (AvgIpc) is 2.17. The van der Waals surface area contributed by atoms with Crippen LogP contribution in [-0.2, 0) is 4.79 Å². The maximum absolute atomic E-state index is 10.8. The van der Waals surface area contributed by atoms with Gasteiger partial charge in [-0.3, -0.25) is 0 Å². The van der Waals surface area contributed by atoms with Gasteiger partial charge in [-0.2, -0.15) is 0 Å². The van der Waals surface area contributed by atoms with Crippen molar-refractivity contribution in [3.8, 4) is 0 Å². The first-order chi connectivity index (χ1) is 7.09. The zero-order valence-corrected chi connectivity index (χ0v) is 10.3. The Labute approximate surface area is 93.4 Å². The molecular weight excluding hydrogens is 188 g/mol. The summed E-state index contributed by atoms with van der Waals surface area (Å²) in [6.07, 6.45) is 4.35. The van der Waals surface area contributed by atoms with Crippen molar-refractivity contribution < 1.29 is 4.79 Å². The van der Waals surface area contributed by atoms with E-state index in [0.717, 1.165) is 19.4 Å². The molecule has 0 radical (unpaired) electrons. The number of ketones is 1. The summed E-state index contributed by atoms with van der Waals surface area (Å²) in [5.74, 6) is 0.309. The molecule has 1 aliphatic heterocycles. The molecule has 0 bridgehead atoms. The van der Waals surface area contributed by atoms with E-state index in [0.29, 0.717) is 11.8 Å². The molecule has 0 amide bonds. The summed E-state index contributed by atoms with van der Waals surface area (Å²) >= 11 is 0. The number of hydrogen-bond donors (Lipinski definition) is 0. The first kappa shape index (κ1) is 12.7. The number of rotatable bonds is 5. The third-order valence-electron chi connectivity index (χ3n) is 3.26. The first-order valence-corrected chi connectivity index (χ1v) is 5.98. The monoisotopic (exact) mass is 212 g/mol. The standard InChI is InChI=1S/C12H24N2O/c1-11(15)6-4-9-14(3)12-7-5-8-13(2)10-12/h12H,4-10H2,1-3H3. The van der Waals surface area contributed by atoms with Crippen LogP contribution in [-0.4, -0.2) is 55.4 Å². The van der Waals surface area contributed by atoms with Crippen LogP contribution in [0.25, 0.3) is 0 Å². The second-order valence-electron chi connectivity index (χ2n) is 4.84. The Morgan fingerprint density at radius 2 is 2.27 bits per heavy atom. The lowest BCUT2D eigenvalue weighted by atomic mass is 10.0. The van der Waals surface area contributed by atoms with E-state index in [1.165, 1.54) is 25.9 Å². The molecule has 0 aliphatic carbocycles. The van der Waals surface area contributed by atoms with E-state index in [4.69, 9.17) is 0 Å². The Morgan fingerprint density at radius 3 is 2.87 bits per heavy atom. The highest BCUT2D eigenvalue weighted by molar-refractivity contribution is 5.75. The number of hydrogen-bond acceptors (Lipinski definition) is 3. The van der Waals surface area contributed by atoms with Crippen molar-refractivity contribution in [1.29, 1.82) is 0 Å². The van der Waals surface area contributed by atoms with Gasteiger partial charge in [0.1, 0.15) is 5.78 Å². The number of piperidine rings is 1. The van der Waals surface area contributed by atoms with Crippen LogP contribution in [0.1, 0.15) is 32.6 Å². The normalized spacial score (nSPS) is 23.3. The quantitative estimate of drug-likeness (QED) is 0.688. The number of likely N-dealkylation sites (N-methyl/N-ethyl adjacent to an activating group) is 2. The van der Waals surface area contributed by atoms with Crippen LogP contribution < -0.4 is 0 Å². The topological polar surface area (TPSA) is 23.6 Å². The minimum Gasteiger partial charge on any atom is -0.305 e. The average molecular weight is 212 g/mol. The lowest BCUT2D eigenvalue weighted by Crippen LogP contribution is -2.45. The minimum atomic E-state index is 0.309. The Morgan fingerprint density at radius 1 is 1.53 bits per heavy atom. The molecule has 0 aromatic rings. The predicted octanol–water partition coefficient (Wildman–Crippen LogP) is 1.38. The summed E-state index contributed by atoms with van der Waals surface area (Å²) in [5, 5.41) is 0. The Hall–Kier alpha value is -0.410.